The molecule has 1 aromatic carbocycles. The van der Waals surface area contributed by atoms with E-state index in [-0.39, 0.29) is 18.3 Å². The van der Waals surface area contributed by atoms with E-state index in [1.807, 2.05) is 36.1 Å². The van der Waals surface area contributed by atoms with Gasteiger partial charge in [-0.1, -0.05) is 39.0 Å². The van der Waals surface area contributed by atoms with Crippen LogP contribution in [0.3, 0.4) is 0 Å². The zero-order chi connectivity index (χ0) is 23.3. The van der Waals surface area contributed by atoms with E-state index in [0.717, 1.165) is 48.9 Å². The first-order chi connectivity index (χ1) is 15.4. The maximum absolute atomic E-state index is 13.3. The number of nitrogen functional groups attached to an aromatic ring is 1. The molecule has 0 bridgehead atoms. The third-order valence-corrected chi connectivity index (χ3v) is 6.24. The van der Waals surface area contributed by atoms with Gasteiger partial charge in [-0.3, -0.25) is 14.2 Å². The summed E-state index contributed by atoms with van der Waals surface area (Å²) in [6, 6.07) is 7.64. The van der Waals surface area contributed by atoms with Crippen molar-refractivity contribution in [2.45, 2.75) is 71.9 Å². The highest BCUT2D eigenvalue weighted by Gasteiger charge is 2.24. The van der Waals surface area contributed by atoms with E-state index >= 15 is 0 Å². The van der Waals surface area contributed by atoms with Gasteiger partial charge in [-0.05, 0) is 49.7 Å². The van der Waals surface area contributed by atoms with Gasteiger partial charge in [0.25, 0.3) is 5.56 Å². The molecule has 1 saturated heterocycles. The monoisotopic (exact) mass is 441 g/mol. The second-order valence-corrected chi connectivity index (χ2v) is 8.55. The van der Waals surface area contributed by atoms with Gasteiger partial charge in [-0.25, -0.2) is 9.36 Å². The van der Waals surface area contributed by atoms with Crippen LogP contribution in [0.15, 0.2) is 33.9 Å². The molecule has 0 unspecified atom stereocenters. The highest BCUT2D eigenvalue weighted by Crippen LogP contribution is 2.26. The summed E-state index contributed by atoms with van der Waals surface area (Å²) in [5.74, 6) is 0.0677. The number of piperidine rings is 1. The smallest absolute Gasteiger partial charge is 0.333 e. The fraction of sp³-hybridized carbons (Fsp3) is 0.542. The molecule has 2 aromatic rings. The molecule has 0 aliphatic carbocycles. The first-order valence-corrected chi connectivity index (χ1v) is 11.7. The van der Waals surface area contributed by atoms with Crippen LogP contribution in [0.25, 0.3) is 0 Å². The lowest BCUT2D eigenvalue weighted by atomic mass is 9.97. The molecule has 0 radical (unpaired) electrons. The average molecular weight is 442 g/mol. The Morgan fingerprint density at radius 2 is 1.78 bits per heavy atom. The van der Waals surface area contributed by atoms with Crippen molar-refractivity contribution in [3.05, 3.63) is 50.7 Å². The minimum Gasteiger partial charge on any atom is -0.383 e. The minimum absolute atomic E-state index is 0.197. The van der Waals surface area contributed by atoms with Gasteiger partial charge >= 0.3 is 5.69 Å². The molecule has 1 aromatic heterocycles. The van der Waals surface area contributed by atoms with Gasteiger partial charge in [-0.2, -0.15) is 0 Å². The van der Waals surface area contributed by atoms with Gasteiger partial charge in [0, 0.05) is 25.3 Å². The number of hydrogen-bond acceptors (Lipinski definition) is 5. The van der Waals surface area contributed by atoms with Crippen molar-refractivity contribution in [1.82, 2.24) is 9.13 Å². The predicted octanol–water partition coefficient (Wildman–Crippen LogP) is 3.14. The van der Waals surface area contributed by atoms with Crippen molar-refractivity contribution in [2.24, 2.45) is 0 Å². The Balaban J connectivity index is 1.97. The van der Waals surface area contributed by atoms with Gasteiger partial charge in [0.1, 0.15) is 18.1 Å². The Morgan fingerprint density at radius 1 is 1.09 bits per heavy atom. The van der Waals surface area contributed by atoms with Crippen molar-refractivity contribution in [1.29, 1.82) is 0 Å². The van der Waals surface area contributed by atoms with Gasteiger partial charge < -0.3 is 16.0 Å². The van der Waals surface area contributed by atoms with Crippen LogP contribution < -0.4 is 27.2 Å². The summed E-state index contributed by atoms with van der Waals surface area (Å²) >= 11 is 0. The topological polar surface area (TPSA) is 102 Å². The van der Waals surface area contributed by atoms with E-state index in [0.29, 0.717) is 24.3 Å². The zero-order valence-electron chi connectivity index (χ0n) is 19.4. The number of benzene rings is 1. The lowest BCUT2D eigenvalue weighted by Gasteiger charge is -2.30. The highest BCUT2D eigenvalue weighted by atomic mass is 16.2. The summed E-state index contributed by atoms with van der Waals surface area (Å²) in [6.07, 6.45) is 4.68. The molecule has 1 aliphatic heterocycles. The molecule has 174 valence electrons. The number of nitrogens with zero attached hydrogens (tertiary/aromatic N) is 3. The third-order valence-electron chi connectivity index (χ3n) is 6.24. The summed E-state index contributed by atoms with van der Waals surface area (Å²) in [6.45, 7) is 7.62. The van der Waals surface area contributed by atoms with Gasteiger partial charge in [-0.15, -0.1) is 0 Å². The SMILES string of the molecule is CCCn1c(N)c(N2CCCCC2)c(=O)n(CC(=O)Nc2ccccc2[C@H](C)CC)c1=O. The molecule has 32 heavy (non-hydrogen) atoms. The number of rotatable bonds is 8. The first kappa shape index (κ1) is 23.6. The normalized spacial score (nSPS) is 14.9. The van der Waals surface area contributed by atoms with Crippen molar-refractivity contribution >= 4 is 23.1 Å². The van der Waals surface area contributed by atoms with E-state index < -0.39 is 17.2 Å². The molecular formula is C24H35N5O3. The number of anilines is 3. The van der Waals surface area contributed by atoms with Crippen LogP contribution in [-0.2, 0) is 17.9 Å². The molecule has 0 spiro atoms. The molecule has 8 heteroatoms. The van der Waals surface area contributed by atoms with Crippen LogP contribution in [0.4, 0.5) is 17.2 Å². The summed E-state index contributed by atoms with van der Waals surface area (Å²) < 4.78 is 2.45. The molecular weight excluding hydrogens is 406 g/mol. The van der Waals surface area contributed by atoms with Crippen LogP contribution in [0.2, 0.25) is 0 Å². The molecule has 1 aliphatic rings. The third kappa shape index (κ3) is 4.89. The summed E-state index contributed by atoms with van der Waals surface area (Å²) in [7, 11) is 0. The van der Waals surface area contributed by atoms with Crippen molar-refractivity contribution in [3.8, 4) is 0 Å². The molecule has 1 atom stereocenters. The number of para-hydroxylation sites is 1. The molecule has 1 amide bonds. The highest BCUT2D eigenvalue weighted by molar-refractivity contribution is 5.91. The Kier molecular flexibility index (Phi) is 7.77. The molecule has 1 fully saturated rings. The molecule has 2 heterocycles. The zero-order valence-corrected chi connectivity index (χ0v) is 19.4. The van der Waals surface area contributed by atoms with E-state index in [4.69, 9.17) is 5.73 Å². The number of carbonyl (C=O) groups is 1. The Hall–Kier alpha value is -3.03. The van der Waals surface area contributed by atoms with Crippen LogP contribution in [-0.4, -0.2) is 28.1 Å². The Morgan fingerprint density at radius 3 is 2.44 bits per heavy atom. The Bertz CT molecular complexity index is 1070. The maximum Gasteiger partial charge on any atom is 0.333 e. The quantitative estimate of drug-likeness (QED) is 0.655. The number of carbonyl (C=O) groups excluding carboxylic acids is 1. The minimum atomic E-state index is -0.541. The molecule has 8 nitrogen and oxygen atoms in total. The summed E-state index contributed by atoms with van der Waals surface area (Å²) in [4.78, 5) is 41.3. The summed E-state index contributed by atoms with van der Waals surface area (Å²) in [5.41, 5.74) is 7.35. The van der Waals surface area contributed by atoms with Gasteiger partial charge in [0.05, 0.1) is 0 Å². The lowest BCUT2D eigenvalue weighted by molar-refractivity contribution is -0.116. The van der Waals surface area contributed by atoms with Crippen LogP contribution >= 0.6 is 0 Å². The number of nitrogens with one attached hydrogen (secondary N) is 1. The number of amides is 1. The van der Waals surface area contributed by atoms with Gasteiger partial charge in [0.15, 0.2) is 0 Å². The molecule has 0 saturated carbocycles. The largest absolute Gasteiger partial charge is 0.383 e. The van der Waals surface area contributed by atoms with Crippen molar-refractivity contribution in [2.75, 3.05) is 29.0 Å². The first-order valence-electron chi connectivity index (χ1n) is 11.7. The second kappa shape index (κ2) is 10.5. The lowest BCUT2D eigenvalue weighted by Crippen LogP contribution is -2.47. The predicted molar refractivity (Wildman–Crippen MR) is 130 cm³/mol. The van der Waals surface area contributed by atoms with Crippen molar-refractivity contribution < 1.29 is 4.79 Å². The number of nitrogens with two attached hydrogens (primary N) is 1. The van der Waals surface area contributed by atoms with Gasteiger partial charge in [0.2, 0.25) is 5.91 Å². The standard InChI is InChI=1S/C24H35N5O3/c1-4-13-28-22(25)21(27-14-9-6-10-15-27)23(31)29(24(28)32)16-20(30)26-19-12-8-7-11-18(19)17(3)5-2/h7-8,11-12,17H,4-6,9-10,13-16,25H2,1-3H3,(H,26,30)/t17-/m1/s1. The van der Waals surface area contributed by atoms with E-state index in [2.05, 4.69) is 19.2 Å². The second-order valence-electron chi connectivity index (χ2n) is 8.55. The Labute approximate surface area is 189 Å². The molecule has 3 rings (SSSR count). The van der Waals surface area contributed by atoms with Crippen LogP contribution in [0.5, 0.6) is 0 Å². The molecule has 3 N–H and O–H groups in total. The number of hydrogen-bond donors (Lipinski definition) is 2. The van der Waals surface area contributed by atoms with E-state index in [1.54, 1.807) is 0 Å². The average Bonchev–Trinajstić information content (AvgIpc) is 2.80. The maximum atomic E-state index is 13.3. The fourth-order valence-electron chi connectivity index (χ4n) is 4.29. The van der Waals surface area contributed by atoms with Crippen LogP contribution in [0, 0.1) is 0 Å². The van der Waals surface area contributed by atoms with E-state index in [9.17, 15) is 14.4 Å². The fourth-order valence-corrected chi connectivity index (χ4v) is 4.29. The number of aromatic nitrogens is 2. The summed E-state index contributed by atoms with van der Waals surface area (Å²) in [5, 5.41) is 2.90. The van der Waals surface area contributed by atoms with E-state index in [1.165, 1.54) is 4.57 Å². The van der Waals surface area contributed by atoms with Crippen molar-refractivity contribution in [3.63, 3.8) is 0 Å². The van der Waals surface area contributed by atoms with Crippen LogP contribution in [0.1, 0.15) is 64.4 Å².